The Balaban J connectivity index is 1.49. The third-order valence-electron chi connectivity index (χ3n) is 7.11. The van der Waals surface area contributed by atoms with Gasteiger partial charge in [0.1, 0.15) is 5.54 Å². The lowest BCUT2D eigenvalue weighted by molar-refractivity contribution is -0.119. The number of fused-ring (bicyclic) bond motifs is 1. The Kier molecular flexibility index (Phi) is 7.75. The molecule has 0 aromatic heterocycles. The highest BCUT2D eigenvalue weighted by atomic mass is 79.9. The molecule has 1 atom stereocenters. The molecular formula is C28H25BrCl2N4O4. The molecular weight excluding hydrogens is 607 g/mol. The second-order valence-corrected chi connectivity index (χ2v) is 11.5. The fourth-order valence-electron chi connectivity index (χ4n) is 5.17. The predicted molar refractivity (Wildman–Crippen MR) is 155 cm³/mol. The molecule has 3 amide bonds. The molecule has 1 unspecified atom stereocenters. The molecule has 0 spiro atoms. The van der Waals surface area contributed by atoms with Crippen LogP contribution in [0.4, 0.5) is 16.2 Å². The van der Waals surface area contributed by atoms with Crippen molar-refractivity contribution < 1.29 is 19.5 Å². The minimum atomic E-state index is -1.26. The number of amides is 3. The van der Waals surface area contributed by atoms with Crippen LogP contribution in [-0.4, -0.2) is 47.0 Å². The fraction of sp³-hybridized carbons (Fsp3) is 0.250. The molecule has 0 radical (unpaired) electrons. The lowest BCUT2D eigenvalue weighted by atomic mass is 9.84. The first-order valence-corrected chi connectivity index (χ1v) is 13.9. The van der Waals surface area contributed by atoms with Gasteiger partial charge < -0.3 is 26.0 Å². The zero-order valence-electron chi connectivity index (χ0n) is 20.6. The Morgan fingerprint density at radius 2 is 1.79 bits per heavy atom. The number of carbonyl (C=O) groups is 3. The molecule has 0 bridgehead atoms. The van der Waals surface area contributed by atoms with Gasteiger partial charge in [0.15, 0.2) is 0 Å². The maximum absolute atomic E-state index is 13.7. The topological polar surface area (TPSA) is 111 Å². The number of benzene rings is 3. The van der Waals surface area contributed by atoms with Gasteiger partial charge in [-0.15, -0.1) is 0 Å². The Labute approximate surface area is 243 Å². The van der Waals surface area contributed by atoms with E-state index in [0.717, 1.165) is 10.0 Å². The van der Waals surface area contributed by atoms with Gasteiger partial charge in [0.25, 0.3) is 11.8 Å². The molecule has 11 heteroatoms. The van der Waals surface area contributed by atoms with Crippen molar-refractivity contribution in [2.45, 2.75) is 30.8 Å². The van der Waals surface area contributed by atoms with Crippen LogP contribution >= 0.6 is 39.1 Å². The van der Waals surface area contributed by atoms with Crippen molar-refractivity contribution in [1.29, 1.82) is 0 Å². The molecule has 1 fully saturated rings. The number of carbonyl (C=O) groups excluding carboxylic acids is 2. The normalized spacial score (nSPS) is 18.8. The maximum Gasteiger partial charge on any atom is 0.407 e. The highest BCUT2D eigenvalue weighted by Gasteiger charge is 2.47. The number of nitrogens with zero attached hydrogens (tertiary/aromatic N) is 1. The van der Waals surface area contributed by atoms with Gasteiger partial charge in [-0.25, -0.2) is 4.79 Å². The molecule has 3 aromatic rings. The van der Waals surface area contributed by atoms with Gasteiger partial charge in [-0.3, -0.25) is 9.59 Å². The molecule has 4 N–H and O–H groups in total. The third-order valence-corrected chi connectivity index (χ3v) is 8.07. The summed E-state index contributed by atoms with van der Waals surface area (Å²) < 4.78 is 0.726. The summed E-state index contributed by atoms with van der Waals surface area (Å²) in [6.45, 7) is 0.710. The highest BCUT2D eigenvalue weighted by molar-refractivity contribution is 9.10. The first-order valence-electron chi connectivity index (χ1n) is 12.4. The number of piperidine rings is 1. The molecule has 202 valence electrons. The summed E-state index contributed by atoms with van der Waals surface area (Å²) in [6.07, 6.45) is 0.342. The molecule has 39 heavy (non-hydrogen) atoms. The van der Waals surface area contributed by atoms with Crippen molar-refractivity contribution in [2.75, 3.05) is 23.7 Å². The summed E-state index contributed by atoms with van der Waals surface area (Å²) >= 11 is 16.0. The van der Waals surface area contributed by atoms with Gasteiger partial charge in [-0.2, -0.15) is 0 Å². The van der Waals surface area contributed by atoms with Gasteiger partial charge >= 0.3 is 6.09 Å². The average Bonchev–Trinajstić information content (AvgIpc) is 3.14. The largest absolute Gasteiger partial charge is 0.465 e. The van der Waals surface area contributed by atoms with Gasteiger partial charge in [0.2, 0.25) is 0 Å². The minimum Gasteiger partial charge on any atom is -0.465 e. The number of hydrogen-bond acceptors (Lipinski definition) is 4. The first-order chi connectivity index (χ1) is 18.6. The quantitative estimate of drug-likeness (QED) is 0.262. The van der Waals surface area contributed by atoms with Gasteiger partial charge in [0.05, 0.1) is 5.56 Å². The Hall–Kier alpha value is -3.27. The lowest BCUT2D eigenvalue weighted by Gasteiger charge is -2.32. The number of rotatable bonds is 6. The molecule has 8 nitrogen and oxygen atoms in total. The molecule has 2 aliphatic rings. The summed E-state index contributed by atoms with van der Waals surface area (Å²) in [5.41, 5.74) is 1.69. The van der Waals surface area contributed by atoms with E-state index in [1.54, 1.807) is 42.5 Å². The van der Waals surface area contributed by atoms with Crippen LogP contribution in [0.5, 0.6) is 0 Å². The van der Waals surface area contributed by atoms with Crippen molar-refractivity contribution in [3.8, 4) is 0 Å². The molecule has 0 saturated carbocycles. The lowest BCUT2D eigenvalue weighted by Crippen LogP contribution is -2.47. The van der Waals surface area contributed by atoms with Crippen molar-refractivity contribution in [3.63, 3.8) is 0 Å². The number of hydrogen-bond donors (Lipinski definition) is 4. The van der Waals surface area contributed by atoms with E-state index >= 15 is 0 Å². The second kappa shape index (κ2) is 11.1. The van der Waals surface area contributed by atoms with E-state index in [-0.39, 0.29) is 24.3 Å². The van der Waals surface area contributed by atoms with Crippen LogP contribution in [0, 0.1) is 0 Å². The fourth-order valence-corrected chi connectivity index (χ4v) is 5.91. The number of nitrogens with one attached hydrogen (secondary N) is 3. The van der Waals surface area contributed by atoms with E-state index in [1.807, 2.05) is 18.2 Å². The predicted octanol–water partition coefficient (Wildman–Crippen LogP) is 6.13. The summed E-state index contributed by atoms with van der Waals surface area (Å²) in [5.74, 6) is -0.599. The number of likely N-dealkylation sites (tertiary alicyclic amines) is 1. The molecule has 2 aliphatic heterocycles. The smallest absolute Gasteiger partial charge is 0.407 e. The minimum absolute atomic E-state index is 0.164. The highest BCUT2D eigenvalue weighted by Crippen LogP contribution is 2.43. The van der Waals surface area contributed by atoms with Gasteiger partial charge in [-0.05, 0) is 60.9 Å². The van der Waals surface area contributed by atoms with Crippen LogP contribution < -0.4 is 16.0 Å². The summed E-state index contributed by atoms with van der Waals surface area (Å²) in [4.78, 5) is 39.8. The molecule has 1 saturated heterocycles. The van der Waals surface area contributed by atoms with Crippen molar-refractivity contribution in [1.82, 2.24) is 10.2 Å². The van der Waals surface area contributed by atoms with E-state index in [9.17, 15) is 19.5 Å². The monoisotopic (exact) mass is 630 g/mol. The number of anilines is 2. The summed E-state index contributed by atoms with van der Waals surface area (Å²) in [6, 6.07) is 17.6. The van der Waals surface area contributed by atoms with Crippen molar-refractivity contribution >= 4 is 68.4 Å². The standard InChI is InChI=1S/C28H25BrCl2N4O4/c29-17-4-6-21(25(36)32-20-8-10-35(11-9-20)27(38)39)23(13-17)34-28(15-16-2-1-3-18(30)12-16)22-7-5-19(31)14-24(22)33-26(28)37/h1-7,12-14,20,34H,8-11,15H2,(H,32,36)(H,33,37)(H,38,39). The van der Waals surface area contributed by atoms with Crippen LogP contribution in [-0.2, 0) is 16.8 Å². The van der Waals surface area contributed by atoms with Crippen LogP contribution in [0.1, 0.15) is 34.3 Å². The Bertz CT molecular complexity index is 1460. The van der Waals surface area contributed by atoms with Crippen LogP contribution in [0.2, 0.25) is 10.0 Å². The van der Waals surface area contributed by atoms with E-state index < -0.39 is 11.6 Å². The second-order valence-electron chi connectivity index (χ2n) is 9.69. The first kappa shape index (κ1) is 27.3. The molecule has 0 aliphatic carbocycles. The Morgan fingerprint density at radius 3 is 2.51 bits per heavy atom. The maximum atomic E-state index is 13.7. The van der Waals surface area contributed by atoms with Crippen molar-refractivity contribution in [2.24, 2.45) is 0 Å². The molecule has 2 heterocycles. The third kappa shape index (κ3) is 5.71. The Morgan fingerprint density at radius 1 is 1.05 bits per heavy atom. The summed E-state index contributed by atoms with van der Waals surface area (Å²) in [7, 11) is 0. The number of halogens is 3. The van der Waals surface area contributed by atoms with Crippen LogP contribution in [0.3, 0.4) is 0 Å². The van der Waals surface area contributed by atoms with Gasteiger partial charge in [0, 0.05) is 57.0 Å². The molecule has 3 aromatic carbocycles. The van der Waals surface area contributed by atoms with E-state index in [1.165, 1.54) is 4.90 Å². The van der Waals surface area contributed by atoms with E-state index in [2.05, 4.69) is 31.9 Å². The zero-order valence-corrected chi connectivity index (χ0v) is 23.7. The SMILES string of the molecule is O=C(NC1CCN(C(=O)O)CC1)c1ccc(Br)cc1NC1(Cc2cccc(Cl)c2)C(=O)Nc2cc(Cl)ccc21. The van der Waals surface area contributed by atoms with E-state index in [0.29, 0.717) is 58.5 Å². The van der Waals surface area contributed by atoms with Crippen molar-refractivity contribution in [3.05, 3.63) is 91.9 Å². The zero-order chi connectivity index (χ0) is 27.7. The van der Waals surface area contributed by atoms with Gasteiger partial charge in [-0.1, -0.05) is 57.3 Å². The van der Waals surface area contributed by atoms with E-state index in [4.69, 9.17) is 23.2 Å². The average molecular weight is 632 g/mol. The number of carboxylic acid groups (broad SMARTS) is 1. The van der Waals surface area contributed by atoms with Crippen LogP contribution in [0.25, 0.3) is 0 Å². The van der Waals surface area contributed by atoms with Crippen LogP contribution in [0.15, 0.2) is 65.1 Å². The summed E-state index contributed by atoms with van der Waals surface area (Å²) in [5, 5.41) is 19.7. The molecule has 5 rings (SSSR count).